The predicted octanol–water partition coefficient (Wildman–Crippen LogP) is 3.89. The van der Waals surface area contributed by atoms with Crippen molar-refractivity contribution in [3.05, 3.63) is 39.6 Å². The first kappa shape index (κ1) is 11.5. The first-order chi connectivity index (χ1) is 7.56. The maximum atomic E-state index is 5.94. The van der Waals surface area contributed by atoms with Crippen LogP contribution in [0.5, 0.6) is 0 Å². The van der Waals surface area contributed by atoms with Crippen molar-refractivity contribution in [3.63, 3.8) is 0 Å². The van der Waals surface area contributed by atoms with E-state index >= 15 is 0 Å². The number of hydrogen-bond donors (Lipinski definition) is 1. The van der Waals surface area contributed by atoms with Gasteiger partial charge in [0.05, 0.1) is 11.4 Å². The lowest BCUT2D eigenvalue weighted by molar-refractivity contribution is 0.923. The molecule has 1 N–H and O–H groups in total. The molecule has 0 radical (unpaired) electrons. The molecule has 2 aromatic rings. The Balaban J connectivity index is 2.33. The number of benzene rings is 1. The molecule has 84 valence electrons. The topological polar surface area (TPSA) is 29.9 Å². The van der Waals surface area contributed by atoms with E-state index < -0.39 is 0 Å². The molecule has 5 heteroatoms. The molecule has 2 rings (SSSR count). The minimum Gasteiger partial charge on any atom is -0.325 e. The van der Waals surface area contributed by atoms with Crippen LogP contribution in [-0.2, 0) is 7.05 Å². The van der Waals surface area contributed by atoms with Gasteiger partial charge in [-0.05, 0) is 41.1 Å². The van der Waals surface area contributed by atoms with Crippen LogP contribution in [0.4, 0.5) is 11.6 Å². The molecule has 0 spiro atoms. The second-order valence-electron chi connectivity index (χ2n) is 3.57. The standard InChI is InChI=1S/C11H11BrClN3/c1-7-6-16(2)11(14-7)15-10-5-8(13)3-4-9(10)12/h3-6H,1-2H3,(H,14,15). The summed E-state index contributed by atoms with van der Waals surface area (Å²) in [4.78, 5) is 4.36. The van der Waals surface area contributed by atoms with Crippen LogP contribution in [0.1, 0.15) is 5.69 Å². The van der Waals surface area contributed by atoms with Crippen molar-refractivity contribution in [2.75, 3.05) is 5.32 Å². The van der Waals surface area contributed by atoms with Crippen molar-refractivity contribution in [3.8, 4) is 0 Å². The predicted molar refractivity (Wildman–Crippen MR) is 70.4 cm³/mol. The third kappa shape index (κ3) is 2.39. The maximum absolute atomic E-state index is 5.94. The fourth-order valence-electron chi connectivity index (χ4n) is 1.45. The molecule has 16 heavy (non-hydrogen) atoms. The molecule has 0 unspecified atom stereocenters. The number of anilines is 2. The normalized spacial score (nSPS) is 10.5. The van der Waals surface area contributed by atoms with Crippen molar-refractivity contribution in [1.82, 2.24) is 9.55 Å². The van der Waals surface area contributed by atoms with Crippen LogP contribution in [0.2, 0.25) is 5.02 Å². The molecule has 0 aliphatic rings. The highest BCUT2D eigenvalue weighted by atomic mass is 79.9. The van der Waals surface area contributed by atoms with Gasteiger partial charge in [0, 0.05) is 22.7 Å². The van der Waals surface area contributed by atoms with Gasteiger partial charge in [0.25, 0.3) is 0 Å². The molecule has 0 saturated carbocycles. The first-order valence-corrected chi connectivity index (χ1v) is 5.95. The zero-order valence-corrected chi connectivity index (χ0v) is 11.3. The summed E-state index contributed by atoms with van der Waals surface area (Å²) in [6.45, 7) is 1.96. The lowest BCUT2D eigenvalue weighted by atomic mass is 10.3. The number of aryl methyl sites for hydroxylation is 2. The zero-order chi connectivity index (χ0) is 11.7. The summed E-state index contributed by atoms with van der Waals surface area (Å²) in [5.41, 5.74) is 1.88. The highest BCUT2D eigenvalue weighted by Gasteiger charge is 2.05. The van der Waals surface area contributed by atoms with E-state index in [0.29, 0.717) is 5.02 Å². The van der Waals surface area contributed by atoms with Crippen molar-refractivity contribution in [2.24, 2.45) is 7.05 Å². The Morgan fingerprint density at radius 1 is 1.44 bits per heavy atom. The SMILES string of the molecule is Cc1cn(C)c(Nc2cc(Cl)ccc2Br)n1. The number of imidazole rings is 1. The van der Waals surface area contributed by atoms with Gasteiger partial charge in [0.1, 0.15) is 0 Å². The average Bonchev–Trinajstić information content (AvgIpc) is 2.51. The third-order valence-corrected chi connectivity index (χ3v) is 3.10. The van der Waals surface area contributed by atoms with Crippen LogP contribution < -0.4 is 5.32 Å². The molecular formula is C11H11BrClN3. The number of aromatic nitrogens is 2. The molecule has 0 aliphatic heterocycles. The van der Waals surface area contributed by atoms with Gasteiger partial charge < -0.3 is 9.88 Å². The van der Waals surface area contributed by atoms with Crippen molar-refractivity contribution >= 4 is 39.2 Å². The Bertz CT molecular complexity index is 522. The van der Waals surface area contributed by atoms with Gasteiger partial charge in [0.15, 0.2) is 0 Å². The summed E-state index contributed by atoms with van der Waals surface area (Å²) in [7, 11) is 1.95. The van der Waals surface area contributed by atoms with Crippen LogP contribution in [0, 0.1) is 6.92 Å². The Morgan fingerprint density at radius 2 is 2.19 bits per heavy atom. The Kier molecular flexibility index (Phi) is 3.21. The smallest absolute Gasteiger partial charge is 0.207 e. The van der Waals surface area contributed by atoms with Crippen molar-refractivity contribution in [1.29, 1.82) is 0 Å². The van der Waals surface area contributed by atoms with Gasteiger partial charge in [-0.15, -0.1) is 0 Å². The molecular weight excluding hydrogens is 289 g/mol. The molecule has 0 bridgehead atoms. The van der Waals surface area contributed by atoms with E-state index in [9.17, 15) is 0 Å². The number of halogens is 2. The van der Waals surface area contributed by atoms with Crippen LogP contribution in [0.25, 0.3) is 0 Å². The van der Waals surface area contributed by atoms with Crippen LogP contribution in [0.15, 0.2) is 28.9 Å². The Morgan fingerprint density at radius 3 is 2.81 bits per heavy atom. The van der Waals surface area contributed by atoms with E-state index in [1.165, 1.54) is 0 Å². The quantitative estimate of drug-likeness (QED) is 0.912. The molecule has 1 aromatic carbocycles. The van der Waals surface area contributed by atoms with E-state index in [-0.39, 0.29) is 0 Å². The van der Waals surface area contributed by atoms with Gasteiger partial charge in [-0.25, -0.2) is 4.98 Å². The second-order valence-corrected chi connectivity index (χ2v) is 4.86. The van der Waals surface area contributed by atoms with Gasteiger partial charge in [-0.3, -0.25) is 0 Å². The molecule has 1 aromatic heterocycles. The van der Waals surface area contributed by atoms with E-state index in [1.54, 1.807) is 0 Å². The molecule has 0 fully saturated rings. The molecule has 3 nitrogen and oxygen atoms in total. The van der Waals surface area contributed by atoms with E-state index in [4.69, 9.17) is 11.6 Å². The monoisotopic (exact) mass is 299 g/mol. The largest absolute Gasteiger partial charge is 0.325 e. The molecule has 1 heterocycles. The number of hydrogen-bond acceptors (Lipinski definition) is 2. The summed E-state index contributed by atoms with van der Waals surface area (Å²) < 4.78 is 2.89. The van der Waals surface area contributed by atoms with Crippen LogP contribution in [0.3, 0.4) is 0 Å². The molecule has 0 amide bonds. The zero-order valence-electron chi connectivity index (χ0n) is 8.96. The minimum atomic E-state index is 0.691. The van der Waals surface area contributed by atoms with Gasteiger partial charge in [-0.2, -0.15) is 0 Å². The van der Waals surface area contributed by atoms with Gasteiger partial charge in [0.2, 0.25) is 5.95 Å². The van der Waals surface area contributed by atoms with Gasteiger partial charge in [-0.1, -0.05) is 11.6 Å². The third-order valence-electron chi connectivity index (χ3n) is 2.17. The lowest BCUT2D eigenvalue weighted by Crippen LogP contribution is -1.99. The molecule has 0 aliphatic carbocycles. The summed E-state index contributed by atoms with van der Waals surface area (Å²) in [6.07, 6.45) is 1.96. The van der Waals surface area contributed by atoms with E-state index in [0.717, 1.165) is 21.8 Å². The number of rotatable bonds is 2. The maximum Gasteiger partial charge on any atom is 0.207 e. The fraction of sp³-hybridized carbons (Fsp3) is 0.182. The highest BCUT2D eigenvalue weighted by molar-refractivity contribution is 9.10. The first-order valence-electron chi connectivity index (χ1n) is 4.78. The second kappa shape index (κ2) is 4.47. The summed E-state index contributed by atoms with van der Waals surface area (Å²) in [6, 6.07) is 5.59. The lowest BCUT2D eigenvalue weighted by Gasteiger charge is -2.08. The average molecular weight is 301 g/mol. The fourth-order valence-corrected chi connectivity index (χ4v) is 1.96. The van der Waals surface area contributed by atoms with Crippen LogP contribution >= 0.6 is 27.5 Å². The van der Waals surface area contributed by atoms with Crippen molar-refractivity contribution in [2.45, 2.75) is 6.92 Å². The number of nitrogens with zero attached hydrogens (tertiary/aromatic N) is 2. The summed E-state index contributed by atoms with van der Waals surface area (Å²) in [5, 5.41) is 3.91. The van der Waals surface area contributed by atoms with E-state index in [1.807, 2.05) is 42.9 Å². The Hall–Kier alpha value is -1.000. The molecule has 0 saturated heterocycles. The molecule has 0 atom stereocenters. The summed E-state index contributed by atoms with van der Waals surface area (Å²) in [5.74, 6) is 0.792. The minimum absolute atomic E-state index is 0.691. The number of nitrogens with one attached hydrogen (secondary N) is 1. The summed E-state index contributed by atoms with van der Waals surface area (Å²) >= 11 is 9.40. The highest BCUT2D eigenvalue weighted by Crippen LogP contribution is 2.28. The Labute approximate surface area is 108 Å². The van der Waals surface area contributed by atoms with Gasteiger partial charge >= 0.3 is 0 Å². The van der Waals surface area contributed by atoms with Crippen molar-refractivity contribution < 1.29 is 0 Å². The van der Waals surface area contributed by atoms with E-state index in [2.05, 4.69) is 26.2 Å². The van der Waals surface area contributed by atoms with Crippen LogP contribution in [-0.4, -0.2) is 9.55 Å².